The quantitative estimate of drug-likeness (QED) is 0.492. The van der Waals surface area contributed by atoms with E-state index in [9.17, 15) is 22.8 Å². The number of benzene rings is 2. The van der Waals surface area contributed by atoms with E-state index in [2.05, 4.69) is 5.32 Å². The van der Waals surface area contributed by atoms with Gasteiger partial charge in [0.25, 0.3) is 0 Å². The molecule has 1 aromatic heterocycles. The number of fused-ring (bicyclic) bond motifs is 1. The minimum atomic E-state index is -1.64. The van der Waals surface area contributed by atoms with Crippen molar-refractivity contribution in [3.05, 3.63) is 74.9 Å². The van der Waals surface area contributed by atoms with Crippen molar-refractivity contribution >= 4 is 34.3 Å². The van der Waals surface area contributed by atoms with Gasteiger partial charge in [-0.3, -0.25) is 4.79 Å². The Morgan fingerprint density at radius 2 is 1.79 bits per heavy atom. The largest absolute Gasteiger partial charge is 0.423 e. The van der Waals surface area contributed by atoms with Gasteiger partial charge in [-0.15, -0.1) is 11.8 Å². The first-order chi connectivity index (χ1) is 13.3. The molecule has 1 heterocycles. The minimum absolute atomic E-state index is 0.0645. The maximum atomic E-state index is 13.6. The van der Waals surface area contributed by atoms with Crippen LogP contribution in [-0.2, 0) is 10.5 Å². The van der Waals surface area contributed by atoms with E-state index in [1.807, 2.05) is 19.9 Å². The van der Waals surface area contributed by atoms with E-state index in [1.54, 1.807) is 6.07 Å². The predicted octanol–water partition coefficient (Wildman–Crippen LogP) is 4.70. The molecule has 0 saturated heterocycles. The molecule has 3 aromatic rings. The maximum absolute atomic E-state index is 13.6. The van der Waals surface area contributed by atoms with Crippen LogP contribution < -0.4 is 10.9 Å². The number of amides is 1. The van der Waals surface area contributed by atoms with E-state index in [0.717, 1.165) is 28.6 Å². The number of thioether (sulfide) groups is 1. The van der Waals surface area contributed by atoms with Crippen LogP contribution in [0.1, 0.15) is 16.7 Å². The summed E-state index contributed by atoms with van der Waals surface area (Å²) in [6.07, 6.45) is 0. The molecule has 0 spiro atoms. The van der Waals surface area contributed by atoms with E-state index in [4.69, 9.17) is 4.42 Å². The van der Waals surface area contributed by atoms with Gasteiger partial charge in [-0.2, -0.15) is 0 Å². The molecule has 146 valence electrons. The first-order valence-corrected chi connectivity index (χ1v) is 9.47. The third-order valence-corrected chi connectivity index (χ3v) is 5.23. The van der Waals surface area contributed by atoms with Crippen LogP contribution in [0.15, 0.2) is 39.5 Å². The molecule has 1 amide bonds. The van der Waals surface area contributed by atoms with Crippen molar-refractivity contribution in [2.75, 3.05) is 11.1 Å². The number of rotatable bonds is 5. The molecular formula is C20H16F3NO3S. The summed E-state index contributed by atoms with van der Waals surface area (Å²) < 4.78 is 45.0. The molecule has 0 aliphatic carbocycles. The van der Waals surface area contributed by atoms with Gasteiger partial charge in [0.1, 0.15) is 5.58 Å². The third kappa shape index (κ3) is 4.22. The van der Waals surface area contributed by atoms with Crippen molar-refractivity contribution in [2.45, 2.75) is 19.6 Å². The monoisotopic (exact) mass is 407 g/mol. The van der Waals surface area contributed by atoms with Gasteiger partial charge in [0.15, 0.2) is 17.5 Å². The van der Waals surface area contributed by atoms with Crippen LogP contribution in [0.2, 0.25) is 0 Å². The molecule has 1 N–H and O–H groups in total. The zero-order chi connectivity index (χ0) is 20.4. The number of hydrogen-bond acceptors (Lipinski definition) is 4. The smallest absolute Gasteiger partial charge is 0.336 e. The molecule has 0 radical (unpaired) electrons. The summed E-state index contributed by atoms with van der Waals surface area (Å²) in [5.74, 6) is -4.71. The van der Waals surface area contributed by atoms with Gasteiger partial charge >= 0.3 is 5.63 Å². The normalized spacial score (nSPS) is 11.0. The van der Waals surface area contributed by atoms with Crippen molar-refractivity contribution in [1.29, 1.82) is 0 Å². The summed E-state index contributed by atoms with van der Waals surface area (Å²) in [7, 11) is 0. The van der Waals surface area contributed by atoms with E-state index in [1.165, 1.54) is 17.8 Å². The Balaban J connectivity index is 1.70. The Labute approximate surface area is 162 Å². The van der Waals surface area contributed by atoms with Crippen LogP contribution >= 0.6 is 11.8 Å². The lowest BCUT2D eigenvalue weighted by molar-refractivity contribution is -0.113. The lowest BCUT2D eigenvalue weighted by atomic mass is 10.0. The van der Waals surface area contributed by atoms with E-state index < -0.39 is 34.7 Å². The average molecular weight is 407 g/mol. The van der Waals surface area contributed by atoms with E-state index in [0.29, 0.717) is 16.9 Å². The first kappa shape index (κ1) is 20.0. The van der Waals surface area contributed by atoms with Gasteiger partial charge < -0.3 is 9.73 Å². The van der Waals surface area contributed by atoms with Crippen LogP contribution in [0.5, 0.6) is 0 Å². The van der Waals surface area contributed by atoms with Crippen molar-refractivity contribution in [1.82, 2.24) is 0 Å². The molecule has 0 unspecified atom stereocenters. The number of aryl methyl sites for hydroxylation is 2. The van der Waals surface area contributed by atoms with Crippen LogP contribution in [-0.4, -0.2) is 11.7 Å². The summed E-state index contributed by atoms with van der Waals surface area (Å²) in [5.41, 5.74) is 2.30. The van der Waals surface area contributed by atoms with Gasteiger partial charge in [0.2, 0.25) is 5.91 Å². The highest BCUT2D eigenvalue weighted by atomic mass is 32.2. The van der Waals surface area contributed by atoms with Gasteiger partial charge in [0.05, 0.1) is 11.4 Å². The average Bonchev–Trinajstić information content (AvgIpc) is 2.64. The third-order valence-electron chi connectivity index (χ3n) is 4.24. The fourth-order valence-electron chi connectivity index (χ4n) is 2.66. The first-order valence-electron chi connectivity index (χ1n) is 8.31. The fraction of sp³-hybridized carbons (Fsp3) is 0.200. The van der Waals surface area contributed by atoms with Crippen molar-refractivity contribution in [3.63, 3.8) is 0 Å². The lowest BCUT2D eigenvalue weighted by Crippen LogP contribution is -2.16. The van der Waals surface area contributed by atoms with Crippen molar-refractivity contribution in [2.24, 2.45) is 0 Å². The van der Waals surface area contributed by atoms with Crippen LogP contribution in [0, 0.1) is 31.3 Å². The number of hydrogen-bond donors (Lipinski definition) is 1. The highest BCUT2D eigenvalue weighted by Gasteiger charge is 2.15. The molecule has 0 saturated carbocycles. The van der Waals surface area contributed by atoms with E-state index in [-0.39, 0.29) is 5.75 Å². The molecular weight excluding hydrogens is 391 g/mol. The lowest BCUT2D eigenvalue weighted by Gasteiger charge is -2.09. The minimum Gasteiger partial charge on any atom is -0.423 e. The number of anilines is 1. The fourth-order valence-corrected chi connectivity index (χ4v) is 3.48. The van der Waals surface area contributed by atoms with Crippen molar-refractivity contribution in [3.8, 4) is 0 Å². The number of halogens is 3. The molecule has 3 rings (SSSR count). The van der Waals surface area contributed by atoms with E-state index >= 15 is 0 Å². The number of nitrogens with one attached hydrogen (secondary N) is 1. The topological polar surface area (TPSA) is 59.3 Å². The van der Waals surface area contributed by atoms with Crippen LogP contribution in [0.25, 0.3) is 11.0 Å². The number of carbonyl (C=O) groups is 1. The second kappa shape index (κ2) is 8.10. The maximum Gasteiger partial charge on any atom is 0.336 e. The molecule has 2 aromatic carbocycles. The zero-order valence-electron chi connectivity index (χ0n) is 15.1. The summed E-state index contributed by atoms with van der Waals surface area (Å²) in [4.78, 5) is 23.8. The summed E-state index contributed by atoms with van der Waals surface area (Å²) >= 11 is 1.20. The van der Waals surface area contributed by atoms with Gasteiger partial charge in [-0.1, -0.05) is 0 Å². The number of carbonyl (C=O) groups excluding carboxylic acids is 1. The molecule has 0 atom stereocenters. The van der Waals surface area contributed by atoms with Crippen LogP contribution in [0.4, 0.5) is 18.9 Å². The molecule has 0 aliphatic rings. The van der Waals surface area contributed by atoms with Gasteiger partial charge in [-0.05, 0) is 54.8 Å². The molecule has 4 nitrogen and oxygen atoms in total. The van der Waals surface area contributed by atoms with Crippen molar-refractivity contribution < 1.29 is 22.4 Å². The standard InChI is InChI=1S/C20H16F3NO3S/c1-10-5-13-12(7-18(26)27-16(13)6-11(10)2)8-28-9-17(25)24-15-4-3-14(21)19(22)20(15)23/h3-7H,8-9H2,1-2H3,(H,24,25). The van der Waals surface area contributed by atoms with Gasteiger partial charge in [-0.25, -0.2) is 18.0 Å². The molecule has 0 fully saturated rings. The molecule has 28 heavy (non-hydrogen) atoms. The highest BCUT2D eigenvalue weighted by molar-refractivity contribution is 7.99. The molecule has 8 heteroatoms. The Morgan fingerprint density at radius 1 is 1.07 bits per heavy atom. The predicted molar refractivity (Wildman–Crippen MR) is 103 cm³/mol. The summed E-state index contributed by atoms with van der Waals surface area (Å²) in [6, 6.07) is 6.77. The second-order valence-electron chi connectivity index (χ2n) is 6.29. The summed E-state index contributed by atoms with van der Waals surface area (Å²) in [5, 5.41) is 2.99. The summed E-state index contributed by atoms with van der Waals surface area (Å²) in [6.45, 7) is 3.86. The Kier molecular flexibility index (Phi) is 5.79. The Hall–Kier alpha value is -2.74. The Bertz CT molecular complexity index is 1130. The highest BCUT2D eigenvalue weighted by Crippen LogP contribution is 2.25. The SMILES string of the molecule is Cc1cc2oc(=O)cc(CSCC(=O)Nc3ccc(F)c(F)c3F)c2cc1C. The van der Waals surface area contributed by atoms with Crippen LogP contribution in [0.3, 0.4) is 0 Å². The Morgan fingerprint density at radius 3 is 2.54 bits per heavy atom. The van der Waals surface area contributed by atoms with Gasteiger partial charge in [0, 0.05) is 17.2 Å². The molecule has 0 bridgehead atoms. The second-order valence-corrected chi connectivity index (χ2v) is 7.27. The zero-order valence-corrected chi connectivity index (χ0v) is 15.9. The molecule has 0 aliphatic heterocycles.